The average Bonchev–Trinajstić information content (AvgIpc) is 3.04. The minimum atomic E-state index is -0.564. The molecule has 2 rings (SSSR count). The SMILES string of the molecule is COC(=O)c1nc(NCC2CCSC2)sc1C(C)=O. The fourth-order valence-corrected chi connectivity index (χ4v) is 3.99. The number of hydrogen-bond acceptors (Lipinski definition) is 7. The molecule has 1 aliphatic rings. The van der Waals surface area contributed by atoms with Gasteiger partial charge in [-0.2, -0.15) is 11.8 Å². The van der Waals surface area contributed by atoms with Crippen LogP contribution in [0.1, 0.15) is 33.5 Å². The van der Waals surface area contributed by atoms with Crippen molar-refractivity contribution >= 4 is 40.0 Å². The summed E-state index contributed by atoms with van der Waals surface area (Å²) in [6, 6.07) is 0. The summed E-state index contributed by atoms with van der Waals surface area (Å²) in [5, 5.41) is 3.83. The zero-order valence-electron chi connectivity index (χ0n) is 10.9. The number of rotatable bonds is 5. The number of esters is 1. The van der Waals surface area contributed by atoms with Crippen molar-refractivity contribution in [3.05, 3.63) is 10.6 Å². The number of carbonyl (C=O) groups is 2. The number of ketones is 1. The van der Waals surface area contributed by atoms with Crippen molar-refractivity contribution in [3.8, 4) is 0 Å². The molecule has 2 heterocycles. The lowest BCUT2D eigenvalue weighted by molar-refractivity contribution is 0.0591. The maximum absolute atomic E-state index is 11.6. The van der Waals surface area contributed by atoms with E-state index in [4.69, 9.17) is 0 Å². The first kappa shape index (κ1) is 14.3. The number of Topliss-reactive ketones (excluding diaryl/α,β-unsaturated/α-hetero) is 1. The third kappa shape index (κ3) is 3.48. The fourth-order valence-electron chi connectivity index (χ4n) is 1.85. The third-order valence-corrected chi connectivity index (χ3v) is 5.24. The van der Waals surface area contributed by atoms with Gasteiger partial charge in [-0.3, -0.25) is 4.79 Å². The van der Waals surface area contributed by atoms with E-state index in [1.165, 1.54) is 37.5 Å². The second-order valence-electron chi connectivity index (χ2n) is 4.36. The van der Waals surface area contributed by atoms with Crippen molar-refractivity contribution in [2.45, 2.75) is 13.3 Å². The number of carbonyl (C=O) groups excluding carboxylic acids is 2. The Morgan fingerprint density at radius 2 is 2.32 bits per heavy atom. The molecule has 0 spiro atoms. The molecule has 1 aromatic heterocycles. The van der Waals surface area contributed by atoms with Gasteiger partial charge in [0.2, 0.25) is 0 Å². The number of aromatic nitrogens is 1. The summed E-state index contributed by atoms with van der Waals surface area (Å²) in [5.74, 6) is 2.27. The monoisotopic (exact) mass is 300 g/mol. The second-order valence-corrected chi connectivity index (χ2v) is 6.50. The predicted octanol–water partition coefficient (Wildman–Crippen LogP) is 2.30. The Labute approximate surface area is 120 Å². The molecule has 5 nitrogen and oxygen atoms in total. The molecule has 0 saturated carbocycles. The number of hydrogen-bond donors (Lipinski definition) is 1. The highest BCUT2D eigenvalue weighted by molar-refractivity contribution is 7.99. The molecule has 7 heteroatoms. The van der Waals surface area contributed by atoms with Crippen molar-refractivity contribution in [1.29, 1.82) is 0 Å². The Hall–Kier alpha value is -1.08. The molecule has 19 heavy (non-hydrogen) atoms. The van der Waals surface area contributed by atoms with Crippen LogP contribution in [0.2, 0.25) is 0 Å². The van der Waals surface area contributed by atoms with Gasteiger partial charge in [0.15, 0.2) is 16.6 Å². The molecule has 0 radical (unpaired) electrons. The average molecular weight is 300 g/mol. The van der Waals surface area contributed by atoms with Gasteiger partial charge in [0.05, 0.1) is 7.11 Å². The smallest absolute Gasteiger partial charge is 0.358 e. The molecule has 0 aromatic carbocycles. The van der Waals surface area contributed by atoms with Gasteiger partial charge in [0.1, 0.15) is 4.88 Å². The molecule has 1 unspecified atom stereocenters. The number of thioether (sulfide) groups is 1. The molecule has 0 amide bonds. The summed E-state index contributed by atoms with van der Waals surface area (Å²) in [6.07, 6.45) is 1.20. The number of nitrogens with one attached hydrogen (secondary N) is 1. The largest absolute Gasteiger partial charge is 0.464 e. The maximum atomic E-state index is 11.6. The predicted molar refractivity (Wildman–Crippen MR) is 77.4 cm³/mol. The van der Waals surface area contributed by atoms with Crippen molar-refractivity contribution in [2.75, 3.05) is 30.5 Å². The van der Waals surface area contributed by atoms with Crippen molar-refractivity contribution < 1.29 is 14.3 Å². The summed E-state index contributed by atoms with van der Waals surface area (Å²) >= 11 is 3.17. The van der Waals surface area contributed by atoms with Crippen LogP contribution < -0.4 is 5.32 Å². The molecular formula is C12H16N2O3S2. The molecule has 0 aliphatic carbocycles. The van der Waals surface area contributed by atoms with Gasteiger partial charge in [-0.05, 0) is 23.8 Å². The van der Waals surface area contributed by atoms with Crippen LogP contribution >= 0.6 is 23.1 Å². The molecule has 1 saturated heterocycles. The highest BCUT2D eigenvalue weighted by Crippen LogP contribution is 2.27. The summed E-state index contributed by atoms with van der Waals surface area (Å²) < 4.78 is 4.64. The first-order valence-corrected chi connectivity index (χ1v) is 8.00. The second kappa shape index (κ2) is 6.38. The highest BCUT2D eigenvalue weighted by Gasteiger charge is 2.22. The molecule has 1 N–H and O–H groups in total. The quantitative estimate of drug-likeness (QED) is 0.665. The van der Waals surface area contributed by atoms with E-state index in [2.05, 4.69) is 15.0 Å². The maximum Gasteiger partial charge on any atom is 0.358 e. The van der Waals surface area contributed by atoms with Gasteiger partial charge in [0, 0.05) is 13.5 Å². The van der Waals surface area contributed by atoms with Gasteiger partial charge in [-0.25, -0.2) is 9.78 Å². The van der Waals surface area contributed by atoms with Crippen molar-refractivity contribution in [2.24, 2.45) is 5.92 Å². The lowest BCUT2D eigenvalue weighted by atomic mass is 10.1. The van der Waals surface area contributed by atoms with Crippen LogP contribution in [-0.4, -0.2) is 41.9 Å². The van der Waals surface area contributed by atoms with Crippen LogP contribution in [0.4, 0.5) is 5.13 Å². The summed E-state index contributed by atoms with van der Waals surface area (Å²) in [6.45, 7) is 2.26. The number of methoxy groups -OCH3 is 1. The first-order valence-electron chi connectivity index (χ1n) is 6.03. The van der Waals surface area contributed by atoms with E-state index in [1.54, 1.807) is 0 Å². The topological polar surface area (TPSA) is 68.3 Å². The molecule has 0 bridgehead atoms. The van der Waals surface area contributed by atoms with E-state index in [-0.39, 0.29) is 11.5 Å². The Kier molecular flexibility index (Phi) is 4.81. The molecule has 1 aromatic rings. The van der Waals surface area contributed by atoms with E-state index >= 15 is 0 Å². The van der Waals surface area contributed by atoms with Crippen LogP contribution in [0.5, 0.6) is 0 Å². The number of ether oxygens (including phenoxy) is 1. The first-order chi connectivity index (χ1) is 9.11. The van der Waals surface area contributed by atoms with E-state index < -0.39 is 5.97 Å². The van der Waals surface area contributed by atoms with Crippen LogP contribution in [0.25, 0.3) is 0 Å². The molecule has 1 atom stereocenters. The standard InChI is InChI=1S/C12H16N2O3S2/c1-7(15)10-9(11(16)17-2)14-12(19-10)13-5-8-3-4-18-6-8/h8H,3-6H2,1-2H3,(H,13,14). The Morgan fingerprint density at radius 1 is 1.53 bits per heavy atom. The van der Waals surface area contributed by atoms with Crippen LogP contribution in [0.3, 0.4) is 0 Å². The van der Waals surface area contributed by atoms with Gasteiger partial charge < -0.3 is 10.1 Å². The fraction of sp³-hybridized carbons (Fsp3) is 0.583. The number of thiazole rings is 1. The summed E-state index contributed by atoms with van der Waals surface area (Å²) in [5.41, 5.74) is 0.114. The van der Waals surface area contributed by atoms with Gasteiger partial charge in [-0.15, -0.1) is 0 Å². The molecule has 1 aliphatic heterocycles. The minimum Gasteiger partial charge on any atom is -0.464 e. The van der Waals surface area contributed by atoms with Gasteiger partial charge >= 0.3 is 5.97 Å². The Morgan fingerprint density at radius 3 is 2.89 bits per heavy atom. The van der Waals surface area contributed by atoms with Gasteiger partial charge in [0.25, 0.3) is 0 Å². The number of anilines is 1. The molecule has 104 valence electrons. The van der Waals surface area contributed by atoms with E-state index in [0.717, 1.165) is 12.3 Å². The van der Waals surface area contributed by atoms with Crippen LogP contribution in [-0.2, 0) is 4.74 Å². The van der Waals surface area contributed by atoms with Crippen LogP contribution in [0.15, 0.2) is 0 Å². The van der Waals surface area contributed by atoms with Crippen LogP contribution in [0, 0.1) is 5.92 Å². The van der Waals surface area contributed by atoms with E-state index in [1.807, 2.05) is 11.8 Å². The van der Waals surface area contributed by atoms with E-state index in [9.17, 15) is 9.59 Å². The third-order valence-electron chi connectivity index (χ3n) is 2.89. The normalized spacial score (nSPS) is 18.3. The minimum absolute atomic E-state index is 0.114. The highest BCUT2D eigenvalue weighted by atomic mass is 32.2. The lowest BCUT2D eigenvalue weighted by Crippen LogP contribution is -2.13. The molecule has 1 fully saturated rings. The van der Waals surface area contributed by atoms with Crippen molar-refractivity contribution in [3.63, 3.8) is 0 Å². The lowest BCUT2D eigenvalue weighted by Gasteiger charge is -2.07. The zero-order valence-corrected chi connectivity index (χ0v) is 12.5. The molecular weight excluding hydrogens is 284 g/mol. The van der Waals surface area contributed by atoms with E-state index in [0.29, 0.717) is 15.9 Å². The summed E-state index contributed by atoms with van der Waals surface area (Å²) in [4.78, 5) is 27.6. The van der Waals surface area contributed by atoms with Gasteiger partial charge in [-0.1, -0.05) is 11.3 Å². The summed E-state index contributed by atoms with van der Waals surface area (Å²) in [7, 11) is 1.29. The zero-order chi connectivity index (χ0) is 13.8. The Bertz CT molecular complexity index is 481. The van der Waals surface area contributed by atoms with Crippen molar-refractivity contribution in [1.82, 2.24) is 4.98 Å². The Balaban J connectivity index is 2.08. The number of nitrogens with zero attached hydrogens (tertiary/aromatic N) is 1.